The molecule has 1 aliphatic heterocycles. The van der Waals surface area contributed by atoms with E-state index in [2.05, 4.69) is 42.5 Å². The number of carbonyl (C=O) groups is 1. The van der Waals surface area contributed by atoms with Gasteiger partial charge in [0.1, 0.15) is 11.9 Å². The molecule has 28 heavy (non-hydrogen) atoms. The van der Waals surface area contributed by atoms with Gasteiger partial charge in [-0.1, -0.05) is 78.9 Å². The fourth-order valence-corrected chi connectivity index (χ4v) is 4.19. The number of fused-ring (bicyclic) bond motifs is 1. The summed E-state index contributed by atoms with van der Waals surface area (Å²) in [5.74, 6) is 1.56. The van der Waals surface area contributed by atoms with Gasteiger partial charge in [-0.3, -0.25) is 4.79 Å². The Hall–Kier alpha value is -3.07. The van der Waals surface area contributed by atoms with E-state index in [-0.39, 0.29) is 17.9 Å². The first-order chi connectivity index (χ1) is 13.8. The molecule has 1 aliphatic carbocycles. The van der Waals surface area contributed by atoms with E-state index in [0.29, 0.717) is 19.0 Å². The lowest BCUT2D eigenvalue weighted by Gasteiger charge is -2.24. The maximum absolute atomic E-state index is 13.4. The third-order valence-corrected chi connectivity index (χ3v) is 5.81. The van der Waals surface area contributed by atoms with Crippen LogP contribution in [0.2, 0.25) is 0 Å². The Bertz CT molecular complexity index is 970. The largest absolute Gasteiger partial charge is 0.484 e. The molecular weight excluding hydrogens is 346 g/mol. The minimum Gasteiger partial charge on any atom is -0.484 e. The molecule has 0 saturated heterocycles. The number of benzene rings is 3. The van der Waals surface area contributed by atoms with E-state index in [0.717, 1.165) is 23.3 Å². The summed E-state index contributed by atoms with van der Waals surface area (Å²) >= 11 is 0. The molecule has 140 valence electrons. The second-order valence-electron chi connectivity index (χ2n) is 7.70. The molecule has 2 aliphatic rings. The Kier molecular flexibility index (Phi) is 4.36. The average Bonchev–Trinajstić information content (AvgIpc) is 3.57. The van der Waals surface area contributed by atoms with Gasteiger partial charge in [0.15, 0.2) is 0 Å². The first-order valence-electron chi connectivity index (χ1n) is 9.93. The number of ether oxygens (including phenoxy) is 1. The zero-order chi connectivity index (χ0) is 18.9. The second kappa shape index (κ2) is 7.16. The monoisotopic (exact) mass is 369 g/mol. The molecule has 5 rings (SSSR count). The van der Waals surface area contributed by atoms with Crippen LogP contribution >= 0.6 is 0 Å². The molecule has 0 unspecified atom stereocenters. The highest BCUT2D eigenvalue weighted by atomic mass is 16.5. The van der Waals surface area contributed by atoms with Crippen LogP contribution in [-0.4, -0.2) is 17.4 Å². The molecule has 0 spiro atoms. The number of carbonyl (C=O) groups excluding carboxylic acids is 1. The van der Waals surface area contributed by atoms with Crippen molar-refractivity contribution in [2.45, 2.75) is 25.0 Å². The summed E-state index contributed by atoms with van der Waals surface area (Å²) in [6.07, 6.45) is 0.792. The predicted molar refractivity (Wildman–Crippen MR) is 109 cm³/mol. The van der Waals surface area contributed by atoms with E-state index in [1.807, 2.05) is 47.4 Å². The summed E-state index contributed by atoms with van der Waals surface area (Å²) in [7, 11) is 0. The number of hydrogen-bond acceptors (Lipinski definition) is 2. The van der Waals surface area contributed by atoms with Crippen LogP contribution < -0.4 is 4.74 Å². The summed E-state index contributed by atoms with van der Waals surface area (Å²) < 4.78 is 6.34. The van der Waals surface area contributed by atoms with E-state index >= 15 is 0 Å². The maximum atomic E-state index is 13.4. The summed E-state index contributed by atoms with van der Waals surface area (Å²) in [6, 6.07) is 28.7. The van der Waals surface area contributed by atoms with Gasteiger partial charge in [0, 0.05) is 18.0 Å². The van der Waals surface area contributed by atoms with E-state index in [4.69, 9.17) is 4.74 Å². The molecule has 0 bridgehead atoms. The second-order valence-corrected chi connectivity index (χ2v) is 7.70. The highest BCUT2D eigenvalue weighted by molar-refractivity contribution is 5.83. The zero-order valence-corrected chi connectivity index (χ0v) is 15.7. The van der Waals surface area contributed by atoms with Gasteiger partial charge in [-0.2, -0.15) is 0 Å². The number of amides is 1. The van der Waals surface area contributed by atoms with Crippen LogP contribution in [0.1, 0.15) is 35.1 Å². The molecule has 3 aromatic carbocycles. The van der Waals surface area contributed by atoms with Crippen molar-refractivity contribution in [2.75, 3.05) is 6.54 Å². The lowest BCUT2D eigenvalue weighted by Crippen LogP contribution is -2.35. The van der Waals surface area contributed by atoms with E-state index in [1.165, 1.54) is 5.56 Å². The Morgan fingerprint density at radius 1 is 0.821 bits per heavy atom. The number of rotatable bonds is 3. The minimum atomic E-state index is -0.150. The zero-order valence-electron chi connectivity index (χ0n) is 15.7. The van der Waals surface area contributed by atoms with Crippen LogP contribution in [0.25, 0.3) is 0 Å². The Balaban J connectivity index is 1.41. The van der Waals surface area contributed by atoms with Gasteiger partial charge in [0.2, 0.25) is 5.91 Å². The standard InChI is InChI=1S/C25H23NO2/c27-25(22-15-21(22)18-9-3-1-4-10-18)26-16-20-13-7-8-14-23(20)28-24(17-26)19-11-5-2-6-12-19/h1-14,21-22,24H,15-17H2/t21-,22+,24+/m0/s1. The van der Waals surface area contributed by atoms with Gasteiger partial charge in [-0.15, -0.1) is 0 Å². The normalized spacial score (nSPS) is 23.3. The van der Waals surface area contributed by atoms with Gasteiger partial charge in [0.25, 0.3) is 0 Å². The lowest BCUT2D eigenvalue weighted by molar-refractivity contribution is -0.134. The van der Waals surface area contributed by atoms with E-state index in [9.17, 15) is 4.79 Å². The summed E-state index contributed by atoms with van der Waals surface area (Å²) in [5.41, 5.74) is 3.45. The molecular formula is C25H23NO2. The molecule has 1 amide bonds. The summed E-state index contributed by atoms with van der Waals surface area (Å²) in [6.45, 7) is 1.19. The van der Waals surface area contributed by atoms with Crippen LogP contribution in [0, 0.1) is 5.92 Å². The molecule has 1 heterocycles. The Labute approximate surface area is 165 Å². The van der Waals surface area contributed by atoms with E-state index < -0.39 is 0 Å². The van der Waals surface area contributed by atoms with Crippen molar-refractivity contribution in [3.05, 3.63) is 102 Å². The molecule has 0 radical (unpaired) electrons. The fourth-order valence-electron chi connectivity index (χ4n) is 4.19. The van der Waals surface area contributed by atoms with Crippen LogP contribution in [0.5, 0.6) is 5.75 Å². The van der Waals surface area contributed by atoms with Crippen molar-refractivity contribution >= 4 is 5.91 Å². The van der Waals surface area contributed by atoms with E-state index in [1.54, 1.807) is 0 Å². The SMILES string of the molecule is O=C([C@@H]1C[C@H]1c1ccccc1)N1Cc2ccccc2O[C@@H](c2ccccc2)C1. The highest BCUT2D eigenvalue weighted by Crippen LogP contribution is 2.49. The van der Waals surface area contributed by atoms with Crippen LogP contribution in [0.3, 0.4) is 0 Å². The third kappa shape index (κ3) is 3.29. The molecule has 1 saturated carbocycles. The smallest absolute Gasteiger partial charge is 0.226 e. The highest BCUT2D eigenvalue weighted by Gasteiger charge is 2.46. The topological polar surface area (TPSA) is 29.5 Å². The number of nitrogens with zero attached hydrogens (tertiary/aromatic N) is 1. The minimum absolute atomic E-state index is 0.0871. The van der Waals surface area contributed by atoms with Gasteiger partial charge < -0.3 is 9.64 Å². The van der Waals surface area contributed by atoms with Crippen LogP contribution in [0.15, 0.2) is 84.9 Å². The Morgan fingerprint density at radius 2 is 1.46 bits per heavy atom. The van der Waals surface area contributed by atoms with Crippen LogP contribution in [-0.2, 0) is 11.3 Å². The van der Waals surface area contributed by atoms with Crippen molar-refractivity contribution in [1.29, 1.82) is 0 Å². The van der Waals surface area contributed by atoms with Gasteiger partial charge in [-0.25, -0.2) is 0 Å². The summed E-state index contributed by atoms with van der Waals surface area (Å²) in [4.78, 5) is 15.4. The van der Waals surface area contributed by atoms with Gasteiger partial charge in [-0.05, 0) is 29.5 Å². The van der Waals surface area contributed by atoms with Gasteiger partial charge >= 0.3 is 0 Å². The molecule has 3 atom stereocenters. The molecule has 3 nitrogen and oxygen atoms in total. The van der Waals surface area contributed by atoms with Gasteiger partial charge in [0.05, 0.1) is 6.54 Å². The van der Waals surface area contributed by atoms with Crippen molar-refractivity contribution in [3.63, 3.8) is 0 Å². The van der Waals surface area contributed by atoms with Crippen molar-refractivity contribution < 1.29 is 9.53 Å². The quantitative estimate of drug-likeness (QED) is 0.654. The first kappa shape index (κ1) is 17.1. The Morgan fingerprint density at radius 3 is 2.21 bits per heavy atom. The molecule has 3 aromatic rings. The number of hydrogen-bond donors (Lipinski definition) is 0. The molecule has 3 heteroatoms. The maximum Gasteiger partial charge on any atom is 0.226 e. The molecule has 0 N–H and O–H groups in total. The number of para-hydroxylation sites is 1. The van der Waals surface area contributed by atoms with Crippen molar-refractivity contribution in [1.82, 2.24) is 4.90 Å². The average molecular weight is 369 g/mol. The first-order valence-corrected chi connectivity index (χ1v) is 9.93. The van der Waals surface area contributed by atoms with Crippen LogP contribution in [0.4, 0.5) is 0 Å². The summed E-state index contributed by atoms with van der Waals surface area (Å²) in [5, 5.41) is 0. The molecule has 1 fully saturated rings. The molecule has 0 aromatic heterocycles. The van der Waals surface area contributed by atoms with Crippen molar-refractivity contribution in [2.24, 2.45) is 5.92 Å². The van der Waals surface area contributed by atoms with Crippen molar-refractivity contribution in [3.8, 4) is 5.75 Å². The third-order valence-electron chi connectivity index (χ3n) is 5.81. The predicted octanol–water partition coefficient (Wildman–Crippen LogP) is 4.95. The fraction of sp³-hybridized carbons (Fsp3) is 0.240. The lowest BCUT2D eigenvalue weighted by atomic mass is 10.1.